The quantitative estimate of drug-likeness (QED) is 0.200. The molecule has 0 aliphatic carbocycles. The minimum Gasteiger partial charge on any atom is -0.360 e. The molecule has 0 fully saturated rings. The van der Waals surface area contributed by atoms with Gasteiger partial charge in [-0.15, -0.1) is 0 Å². The molecule has 4 nitrogen and oxygen atoms in total. The lowest BCUT2D eigenvalue weighted by molar-refractivity contribution is 0.663. The van der Waals surface area contributed by atoms with E-state index in [4.69, 9.17) is 4.99 Å². The van der Waals surface area contributed by atoms with Crippen molar-refractivity contribution in [3.05, 3.63) is 199 Å². The number of fused-ring (bicyclic) bond motifs is 6. The van der Waals surface area contributed by atoms with Gasteiger partial charge in [-0.25, -0.2) is 0 Å². The molecule has 0 amide bonds. The minimum atomic E-state index is -0.259. The van der Waals surface area contributed by atoms with Crippen LogP contribution in [-0.2, 0) is 0 Å². The SMILES string of the molecule is C1=C(c2ccccc2)NC(c2cccc(-n3c4ccccc4c4cc5c6ccccc6n(-c6ccccc6)c5cc43)c2)N=C1c1ccccc1. The first-order valence-electron chi connectivity index (χ1n) is 17.1. The molecule has 4 heteroatoms. The van der Waals surface area contributed by atoms with E-state index in [2.05, 4.69) is 190 Å². The van der Waals surface area contributed by atoms with Crippen LogP contribution in [0.3, 0.4) is 0 Å². The van der Waals surface area contributed by atoms with Gasteiger partial charge in [0.2, 0.25) is 0 Å². The highest BCUT2D eigenvalue weighted by Gasteiger charge is 2.22. The molecular formula is C46H32N4. The number of nitrogens with one attached hydrogen (secondary N) is 1. The molecule has 0 radical (unpaired) electrons. The number of allylic oxidation sites excluding steroid dienone is 1. The van der Waals surface area contributed by atoms with Crippen LogP contribution in [0.5, 0.6) is 0 Å². The summed E-state index contributed by atoms with van der Waals surface area (Å²) in [5.41, 5.74) is 12.4. The second-order valence-electron chi connectivity index (χ2n) is 12.9. The molecule has 1 atom stereocenters. The molecule has 0 saturated carbocycles. The van der Waals surface area contributed by atoms with Crippen LogP contribution >= 0.6 is 0 Å². The maximum Gasteiger partial charge on any atom is 0.145 e. The van der Waals surface area contributed by atoms with E-state index in [1.807, 2.05) is 6.07 Å². The highest BCUT2D eigenvalue weighted by molar-refractivity contribution is 6.19. The fourth-order valence-corrected chi connectivity index (χ4v) is 7.64. The van der Waals surface area contributed by atoms with Crippen molar-refractivity contribution < 1.29 is 0 Å². The van der Waals surface area contributed by atoms with Crippen LogP contribution in [0, 0.1) is 0 Å². The summed E-state index contributed by atoms with van der Waals surface area (Å²) >= 11 is 0. The van der Waals surface area contributed by atoms with E-state index in [0.29, 0.717) is 0 Å². The zero-order valence-corrected chi connectivity index (χ0v) is 27.2. The van der Waals surface area contributed by atoms with Gasteiger partial charge in [0, 0.05) is 38.6 Å². The minimum absolute atomic E-state index is 0.259. The third-order valence-electron chi connectivity index (χ3n) is 9.92. The van der Waals surface area contributed by atoms with Crippen molar-refractivity contribution in [1.82, 2.24) is 14.5 Å². The predicted octanol–water partition coefficient (Wildman–Crippen LogP) is 11.0. The van der Waals surface area contributed by atoms with E-state index in [-0.39, 0.29) is 6.17 Å². The Morgan fingerprint density at radius 2 is 0.960 bits per heavy atom. The molecule has 50 heavy (non-hydrogen) atoms. The maximum atomic E-state index is 5.27. The van der Waals surface area contributed by atoms with Gasteiger partial charge in [0.1, 0.15) is 6.17 Å². The maximum absolute atomic E-state index is 5.27. The second kappa shape index (κ2) is 11.5. The summed E-state index contributed by atoms with van der Waals surface area (Å²) in [7, 11) is 0. The molecule has 1 aliphatic rings. The first kappa shape index (κ1) is 28.4. The first-order chi connectivity index (χ1) is 24.8. The number of aliphatic imine (C=N–C) groups is 1. The Bertz CT molecular complexity index is 2770. The van der Waals surface area contributed by atoms with Gasteiger partial charge in [0.05, 0.1) is 27.8 Å². The molecule has 9 aromatic rings. The molecule has 1 N–H and O–H groups in total. The number of hydrogen-bond acceptors (Lipinski definition) is 2. The van der Waals surface area contributed by atoms with Crippen LogP contribution in [0.2, 0.25) is 0 Å². The standard InChI is InChI=1S/C46H32N4/c1-4-15-31(16-5-1)40-29-41(32-17-6-2-7-18-32)48-46(47-40)33-19-14-22-35(27-33)50-43-26-13-11-24-37(43)39-28-38-36-23-10-12-25-42(36)49(44(38)30-45(39)50)34-20-8-3-9-21-34/h1-30,46-47H. The summed E-state index contributed by atoms with van der Waals surface area (Å²) in [6.45, 7) is 0. The second-order valence-corrected chi connectivity index (χ2v) is 12.9. The van der Waals surface area contributed by atoms with E-state index < -0.39 is 0 Å². The average molecular weight is 641 g/mol. The van der Waals surface area contributed by atoms with E-state index in [0.717, 1.165) is 39.5 Å². The van der Waals surface area contributed by atoms with Gasteiger partial charge in [-0.1, -0.05) is 127 Å². The van der Waals surface area contributed by atoms with Crippen LogP contribution in [0.1, 0.15) is 22.9 Å². The predicted molar refractivity (Wildman–Crippen MR) is 208 cm³/mol. The number of nitrogens with zero attached hydrogens (tertiary/aromatic N) is 3. The first-order valence-corrected chi connectivity index (χ1v) is 17.1. The molecule has 10 rings (SSSR count). The van der Waals surface area contributed by atoms with Crippen LogP contribution in [0.25, 0.3) is 60.7 Å². The fraction of sp³-hybridized carbons (Fsp3) is 0.0217. The van der Waals surface area contributed by atoms with Gasteiger partial charge < -0.3 is 14.5 Å². The van der Waals surface area contributed by atoms with Gasteiger partial charge in [-0.2, -0.15) is 0 Å². The highest BCUT2D eigenvalue weighted by atomic mass is 15.1. The number of aromatic nitrogens is 2. The number of benzene rings is 7. The lowest BCUT2D eigenvalue weighted by Crippen LogP contribution is -2.25. The van der Waals surface area contributed by atoms with Gasteiger partial charge in [-0.05, 0) is 71.3 Å². The number of rotatable bonds is 5. The third kappa shape index (κ3) is 4.57. The van der Waals surface area contributed by atoms with Crippen LogP contribution in [0.4, 0.5) is 0 Å². The van der Waals surface area contributed by atoms with Crippen molar-refractivity contribution >= 4 is 55.0 Å². The molecule has 7 aromatic carbocycles. The van der Waals surface area contributed by atoms with Crippen LogP contribution in [-0.4, -0.2) is 14.8 Å². The van der Waals surface area contributed by atoms with Crippen molar-refractivity contribution in [2.45, 2.75) is 6.17 Å². The van der Waals surface area contributed by atoms with Gasteiger partial charge >= 0.3 is 0 Å². The van der Waals surface area contributed by atoms with E-state index in [1.54, 1.807) is 0 Å². The van der Waals surface area contributed by atoms with E-state index in [9.17, 15) is 0 Å². The zero-order valence-electron chi connectivity index (χ0n) is 27.2. The fourth-order valence-electron chi connectivity index (χ4n) is 7.64. The Hall–Kier alpha value is -6.65. The van der Waals surface area contributed by atoms with Gasteiger partial charge in [-0.3, -0.25) is 4.99 Å². The van der Waals surface area contributed by atoms with Crippen molar-refractivity contribution in [3.8, 4) is 11.4 Å². The largest absolute Gasteiger partial charge is 0.360 e. The highest BCUT2D eigenvalue weighted by Crippen LogP contribution is 2.40. The Balaban J connectivity index is 1.18. The average Bonchev–Trinajstić information content (AvgIpc) is 3.70. The van der Waals surface area contributed by atoms with E-state index >= 15 is 0 Å². The Kier molecular flexibility index (Phi) is 6.53. The number of para-hydroxylation sites is 3. The molecule has 1 aliphatic heterocycles. The summed E-state index contributed by atoms with van der Waals surface area (Å²) in [6, 6.07) is 62.7. The van der Waals surface area contributed by atoms with Crippen LogP contribution in [0.15, 0.2) is 187 Å². The molecule has 236 valence electrons. The van der Waals surface area contributed by atoms with Crippen molar-refractivity contribution in [3.63, 3.8) is 0 Å². The molecule has 1 unspecified atom stereocenters. The normalized spacial score (nSPS) is 14.6. The van der Waals surface area contributed by atoms with E-state index in [1.165, 1.54) is 43.6 Å². The zero-order chi connectivity index (χ0) is 33.0. The summed E-state index contributed by atoms with van der Waals surface area (Å²) in [6.07, 6.45) is 1.90. The lowest BCUT2D eigenvalue weighted by atomic mass is 10.0. The van der Waals surface area contributed by atoms with Crippen molar-refractivity contribution in [2.75, 3.05) is 0 Å². The summed E-state index contributed by atoms with van der Waals surface area (Å²) in [4.78, 5) is 5.27. The molecule has 0 spiro atoms. The molecule has 3 heterocycles. The van der Waals surface area contributed by atoms with Gasteiger partial charge in [0.15, 0.2) is 0 Å². The Morgan fingerprint density at radius 1 is 0.420 bits per heavy atom. The molecule has 2 aromatic heterocycles. The van der Waals surface area contributed by atoms with Crippen LogP contribution < -0.4 is 5.32 Å². The molecular weight excluding hydrogens is 609 g/mol. The Labute approximate surface area is 289 Å². The summed E-state index contributed by atoms with van der Waals surface area (Å²) in [5, 5.41) is 8.74. The summed E-state index contributed by atoms with van der Waals surface area (Å²) < 4.78 is 4.81. The lowest BCUT2D eigenvalue weighted by Gasteiger charge is -2.25. The van der Waals surface area contributed by atoms with Gasteiger partial charge in [0.25, 0.3) is 0 Å². The summed E-state index contributed by atoms with van der Waals surface area (Å²) in [5.74, 6) is 0. The monoisotopic (exact) mass is 640 g/mol. The number of hydrogen-bond donors (Lipinski definition) is 1. The van der Waals surface area contributed by atoms with Crippen molar-refractivity contribution in [1.29, 1.82) is 0 Å². The van der Waals surface area contributed by atoms with Crippen molar-refractivity contribution in [2.24, 2.45) is 4.99 Å². The third-order valence-corrected chi connectivity index (χ3v) is 9.92. The Morgan fingerprint density at radius 3 is 1.62 bits per heavy atom. The molecule has 0 saturated heterocycles. The topological polar surface area (TPSA) is 34.2 Å². The molecule has 0 bridgehead atoms. The smallest absolute Gasteiger partial charge is 0.145 e.